The third-order valence-electron chi connectivity index (χ3n) is 4.55. The van der Waals surface area contributed by atoms with Crippen LogP contribution in [0.3, 0.4) is 0 Å². The molecule has 26 heavy (non-hydrogen) atoms. The Hall–Kier alpha value is -2.73. The van der Waals surface area contributed by atoms with Gasteiger partial charge in [0.1, 0.15) is 5.69 Å². The van der Waals surface area contributed by atoms with Gasteiger partial charge in [-0.2, -0.15) is 0 Å². The second kappa shape index (κ2) is 8.58. The first-order chi connectivity index (χ1) is 12.6. The summed E-state index contributed by atoms with van der Waals surface area (Å²) in [6.07, 6.45) is 3.22. The molecule has 1 aliphatic rings. The molecule has 1 aromatic heterocycles. The van der Waals surface area contributed by atoms with Crippen LogP contribution in [0.15, 0.2) is 48.7 Å². The van der Waals surface area contributed by atoms with Gasteiger partial charge < -0.3 is 14.7 Å². The first kappa shape index (κ1) is 18.1. The molecular weight excluding hydrogens is 332 g/mol. The molecule has 1 fully saturated rings. The lowest BCUT2D eigenvalue weighted by Gasteiger charge is -2.30. The van der Waals surface area contributed by atoms with Crippen LogP contribution in [0, 0.1) is 5.92 Å². The van der Waals surface area contributed by atoms with E-state index in [4.69, 9.17) is 9.84 Å². The maximum Gasteiger partial charge on any atom is 0.354 e. The van der Waals surface area contributed by atoms with Crippen molar-refractivity contribution >= 4 is 11.9 Å². The van der Waals surface area contributed by atoms with Gasteiger partial charge >= 0.3 is 5.97 Å². The Bertz CT molecular complexity index is 740. The third kappa shape index (κ3) is 4.67. The monoisotopic (exact) mass is 354 g/mol. The van der Waals surface area contributed by atoms with Gasteiger partial charge in [-0.3, -0.25) is 4.79 Å². The first-order valence-corrected chi connectivity index (χ1v) is 8.74. The molecule has 6 heteroatoms. The zero-order valence-electron chi connectivity index (χ0n) is 14.5. The highest BCUT2D eigenvalue weighted by Gasteiger charge is 2.23. The number of hydrogen-bond acceptors (Lipinski definition) is 4. The number of carbonyl (C=O) groups excluding carboxylic acids is 1. The van der Waals surface area contributed by atoms with Crippen LogP contribution in [0.1, 0.15) is 39.3 Å². The van der Waals surface area contributed by atoms with Crippen molar-refractivity contribution < 1.29 is 19.4 Å². The SMILES string of the molecule is O=C(O)c1ccc(C(=O)N(Cc2ccccc2)CC2CCOCC2)cn1. The predicted molar refractivity (Wildman–Crippen MR) is 95.9 cm³/mol. The van der Waals surface area contributed by atoms with Gasteiger partial charge in [0, 0.05) is 32.5 Å². The molecule has 0 bridgehead atoms. The van der Waals surface area contributed by atoms with E-state index in [0.29, 0.717) is 24.6 Å². The second-order valence-corrected chi connectivity index (χ2v) is 6.46. The lowest BCUT2D eigenvalue weighted by atomic mass is 9.99. The normalized spacial score (nSPS) is 14.8. The number of rotatable bonds is 6. The average Bonchev–Trinajstić information content (AvgIpc) is 2.68. The van der Waals surface area contributed by atoms with Crippen molar-refractivity contribution in [1.29, 1.82) is 0 Å². The highest BCUT2D eigenvalue weighted by Crippen LogP contribution is 2.19. The number of benzene rings is 1. The van der Waals surface area contributed by atoms with Crippen molar-refractivity contribution in [1.82, 2.24) is 9.88 Å². The van der Waals surface area contributed by atoms with Crippen molar-refractivity contribution in [2.75, 3.05) is 19.8 Å². The largest absolute Gasteiger partial charge is 0.477 e. The molecule has 1 amide bonds. The molecule has 1 aliphatic heterocycles. The average molecular weight is 354 g/mol. The predicted octanol–water partition coefficient (Wildman–Crippen LogP) is 2.85. The van der Waals surface area contributed by atoms with Gasteiger partial charge in [-0.05, 0) is 36.5 Å². The first-order valence-electron chi connectivity index (χ1n) is 8.74. The van der Waals surface area contributed by atoms with Crippen molar-refractivity contribution in [3.8, 4) is 0 Å². The van der Waals surface area contributed by atoms with Crippen LogP contribution < -0.4 is 0 Å². The van der Waals surface area contributed by atoms with Crippen molar-refractivity contribution in [2.24, 2.45) is 5.92 Å². The van der Waals surface area contributed by atoms with E-state index in [1.807, 2.05) is 35.2 Å². The Morgan fingerprint density at radius 1 is 1.12 bits per heavy atom. The molecule has 0 aliphatic carbocycles. The van der Waals surface area contributed by atoms with E-state index in [1.54, 1.807) is 0 Å². The summed E-state index contributed by atoms with van der Waals surface area (Å²) in [5, 5.41) is 8.97. The van der Waals surface area contributed by atoms with Gasteiger partial charge in [0.2, 0.25) is 0 Å². The number of hydrogen-bond donors (Lipinski definition) is 1. The van der Waals surface area contributed by atoms with Crippen molar-refractivity contribution in [3.05, 3.63) is 65.5 Å². The van der Waals surface area contributed by atoms with Crippen LogP contribution in [-0.4, -0.2) is 46.6 Å². The topological polar surface area (TPSA) is 79.7 Å². The van der Waals surface area contributed by atoms with Crippen LogP contribution in [-0.2, 0) is 11.3 Å². The number of aromatic carboxylic acids is 1. The minimum atomic E-state index is -1.10. The molecule has 136 valence electrons. The third-order valence-corrected chi connectivity index (χ3v) is 4.55. The summed E-state index contributed by atoms with van der Waals surface area (Å²) in [6.45, 7) is 2.62. The van der Waals surface area contributed by atoms with Gasteiger partial charge in [0.15, 0.2) is 0 Å². The number of carboxylic acids is 1. The Morgan fingerprint density at radius 3 is 2.46 bits per heavy atom. The van der Waals surface area contributed by atoms with Crippen LogP contribution >= 0.6 is 0 Å². The van der Waals surface area contributed by atoms with Crippen LogP contribution in [0.25, 0.3) is 0 Å². The lowest BCUT2D eigenvalue weighted by molar-refractivity contribution is 0.0445. The van der Waals surface area contributed by atoms with E-state index < -0.39 is 5.97 Å². The van der Waals surface area contributed by atoms with Gasteiger partial charge in [-0.25, -0.2) is 9.78 Å². The van der Waals surface area contributed by atoms with Crippen LogP contribution in [0.5, 0.6) is 0 Å². The molecule has 0 spiro atoms. The van der Waals surface area contributed by atoms with Crippen LogP contribution in [0.4, 0.5) is 0 Å². The quantitative estimate of drug-likeness (QED) is 0.863. The smallest absolute Gasteiger partial charge is 0.354 e. The zero-order chi connectivity index (χ0) is 18.4. The molecule has 2 aromatic rings. The summed E-state index contributed by atoms with van der Waals surface area (Å²) >= 11 is 0. The number of pyridine rings is 1. The molecular formula is C20H22N2O4. The van der Waals surface area contributed by atoms with Crippen molar-refractivity contribution in [3.63, 3.8) is 0 Å². The lowest BCUT2D eigenvalue weighted by Crippen LogP contribution is -2.36. The fraction of sp³-hybridized carbons (Fsp3) is 0.350. The fourth-order valence-electron chi connectivity index (χ4n) is 3.09. The highest BCUT2D eigenvalue weighted by atomic mass is 16.5. The number of carboxylic acid groups (broad SMARTS) is 1. The number of amides is 1. The number of ether oxygens (including phenoxy) is 1. The Kier molecular flexibility index (Phi) is 5.96. The van der Waals surface area contributed by atoms with E-state index >= 15 is 0 Å². The summed E-state index contributed by atoms with van der Waals surface area (Å²) in [6, 6.07) is 12.7. The molecule has 1 saturated heterocycles. The van der Waals surface area contributed by atoms with Gasteiger partial charge in [-0.1, -0.05) is 30.3 Å². The van der Waals surface area contributed by atoms with Crippen molar-refractivity contribution in [2.45, 2.75) is 19.4 Å². The Balaban J connectivity index is 1.78. The zero-order valence-corrected chi connectivity index (χ0v) is 14.5. The minimum Gasteiger partial charge on any atom is -0.477 e. The molecule has 3 rings (SSSR count). The van der Waals surface area contributed by atoms with Crippen LogP contribution in [0.2, 0.25) is 0 Å². The summed E-state index contributed by atoms with van der Waals surface area (Å²) in [4.78, 5) is 29.7. The maximum absolute atomic E-state index is 13.0. The molecule has 1 N–H and O–H groups in total. The van der Waals surface area contributed by atoms with E-state index in [2.05, 4.69) is 4.98 Å². The fourth-order valence-corrected chi connectivity index (χ4v) is 3.09. The van der Waals surface area contributed by atoms with E-state index in [1.165, 1.54) is 18.3 Å². The number of nitrogens with zero attached hydrogens (tertiary/aromatic N) is 2. The molecule has 6 nitrogen and oxygen atoms in total. The standard InChI is InChI=1S/C20H22N2O4/c23-19(17-6-7-18(20(24)25)21-12-17)22(13-15-4-2-1-3-5-15)14-16-8-10-26-11-9-16/h1-7,12,16H,8-11,13-14H2,(H,24,25). The summed E-state index contributed by atoms with van der Waals surface area (Å²) in [5.74, 6) is -0.834. The number of carbonyl (C=O) groups is 2. The Morgan fingerprint density at radius 2 is 1.85 bits per heavy atom. The molecule has 1 aromatic carbocycles. The molecule has 0 atom stereocenters. The summed E-state index contributed by atoms with van der Waals surface area (Å²) in [7, 11) is 0. The molecule has 2 heterocycles. The Labute approximate surface area is 152 Å². The molecule has 0 unspecified atom stereocenters. The highest BCUT2D eigenvalue weighted by molar-refractivity contribution is 5.94. The molecule has 0 radical (unpaired) electrons. The number of aromatic nitrogens is 1. The second-order valence-electron chi connectivity index (χ2n) is 6.46. The summed E-state index contributed by atoms with van der Waals surface area (Å²) < 4.78 is 5.41. The van der Waals surface area contributed by atoms with Gasteiger partial charge in [-0.15, -0.1) is 0 Å². The van der Waals surface area contributed by atoms with Gasteiger partial charge in [0.25, 0.3) is 5.91 Å². The summed E-state index contributed by atoms with van der Waals surface area (Å²) in [5.41, 5.74) is 1.39. The van der Waals surface area contributed by atoms with E-state index in [9.17, 15) is 9.59 Å². The molecule has 0 saturated carbocycles. The van der Waals surface area contributed by atoms with E-state index in [0.717, 1.165) is 31.6 Å². The minimum absolute atomic E-state index is 0.0689. The van der Waals surface area contributed by atoms with E-state index in [-0.39, 0.29) is 11.6 Å². The maximum atomic E-state index is 13.0. The van der Waals surface area contributed by atoms with Gasteiger partial charge in [0.05, 0.1) is 5.56 Å².